The smallest absolute Gasteiger partial charge is 0.255 e. The van der Waals surface area contributed by atoms with Gasteiger partial charge in [-0.15, -0.1) is 0 Å². The minimum absolute atomic E-state index is 0.210. The summed E-state index contributed by atoms with van der Waals surface area (Å²) in [6, 6.07) is 13.8. The third-order valence-electron chi connectivity index (χ3n) is 3.18. The van der Waals surface area contributed by atoms with Crippen LogP contribution < -0.4 is 5.32 Å². The van der Waals surface area contributed by atoms with E-state index in [1.807, 2.05) is 0 Å². The molecule has 1 aromatic heterocycles. The van der Waals surface area contributed by atoms with Gasteiger partial charge in [-0.2, -0.15) is 0 Å². The lowest BCUT2D eigenvalue weighted by Crippen LogP contribution is -2.11. The van der Waals surface area contributed by atoms with Crippen LogP contribution in [0.4, 0.5) is 5.69 Å². The molecular weight excluding hydrogens is 357 g/mol. The number of anilines is 1. The van der Waals surface area contributed by atoms with E-state index < -0.39 is 0 Å². The van der Waals surface area contributed by atoms with Crippen molar-refractivity contribution in [2.75, 3.05) is 5.32 Å². The van der Waals surface area contributed by atoms with Crippen molar-refractivity contribution in [2.24, 2.45) is 0 Å². The summed E-state index contributed by atoms with van der Waals surface area (Å²) in [6.45, 7) is 0. The van der Waals surface area contributed by atoms with Crippen LogP contribution in [0.15, 0.2) is 54.9 Å². The quantitative estimate of drug-likeness (QED) is 0.702. The van der Waals surface area contributed by atoms with Crippen molar-refractivity contribution in [3.05, 3.63) is 75.8 Å². The number of imidazole rings is 1. The minimum atomic E-state index is -0.210. The molecule has 2 aromatic carbocycles. The highest BCUT2D eigenvalue weighted by molar-refractivity contribution is 6.40. The van der Waals surface area contributed by atoms with Crippen molar-refractivity contribution < 1.29 is 4.79 Å². The SMILES string of the molecule is O=C(Nc1ccc(-n2cnc(Cl)c2Cl)cc1)c1ccc(Cl)cc1. The van der Waals surface area contributed by atoms with Gasteiger partial charge in [0.15, 0.2) is 10.3 Å². The van der Waals surface area contributed by atoms with Gasteiger partial charge in [-0.3, -0.25) is 9.36 Å². The number of benzene rings is 2. The predicted molar refractivity (Wildman–Crippen MR) is 93.0 cm³/mol. The Bertz CT molecular complexity index is 842. The number of nitrogens with zero attached hydrogens (tertiary/aromatic N) is 2. The highest BCUT2D eigenvalue weighted by Crippen LogP contribution is 2.24. The molecule has 116 valence electrons. The second kappa shape index (κ2) is 6.62. The maximum absolute atomic E-state index is 12.1. The van der Waals surface area contributed by atoms with Crippen molar-refractivity contribution in [1.82, 2.24) is 9.55 Å². The van der Waals surface area contributed by atoms with Crippen LogP contribution >= 0.6 is 34.8 Å². The largest absolute Gasteiger partial charge is 0.322 e. The van der Waals surface area contributed by atoms with E-state index in [-0.39, 0.29) is 11.1 Å². The fourth-order valence-corrected chi connectivity index (χ4v) is 2.45. The summed E-state index contributed by atoms with van der Waals surface area (Å²) in [7, 11) is 0. The molecular formula is C16H10Cl3N3O. The molecule has 0 saturated carbocycles. The van der Waals surface area contributed by atoms with Gasteiger partial charge in [0.1, 0.15) is 6.33 Å². The molecule has 0 bridgehead atoms. The Morgan fingerprint density at radius 2 is 1.61 bits per heavy atom. The molecule has 0 unspecified atom stereocenters. The predicted octanol–water partition coefficient (Wildman–Crippen LogP) is 5.08. The van der Waals surface area contributed by atoms with Gasteiger partial charge >= 0.3 is 0 Å². The first kappa shape index (κ1) is 15.9. The Morgan fingerprint density at radius 3 is 2.17 bits per heavy atom. The molecule has 1 N–H and O–H groups in total. The van der Waals surface area contributed by atoms with Crippen molar-refractivity contribution in [3.8, 4) is 5.69 Å². The molecule has 0 saturated heterocycles. The van der Waals surface area contributed by atoms with Gasteiger partial charge in [-0.1, -0.05) is 34.8 Å². The Kier molecular flexibility index (Phi) is 4.57. The Hall–Kier alpha value is -2.01. The Labute approximate surface area is 147 Å². The van der Waals surface area contributed by atoms with E-state index in [1.54, 1.807) is 53.1 Å². The van der Waals surface area contributed by atoms with Crippen molar-refractivity contribution >= 4 is 46.4 Å². The molecule has 1 amide bonds. The first-order chi connectivity index (χ1) is 11.0. The number of nitrogens with one attached hydrogen (secondary N) is 1. The molecule has 0 radical (unpaired) electrons. The lowest BCUT2D eigenvalue weighted by molar-refractivity contribution is 0.102. The topological polar surface area (TPSA) is 46.9 Å². The second-order valence-corrected chi connectivity index (χ2v) is 5.86. The molecule has 0 aliphatic heterocycles. The number of hydrogen-bond acceptors (Lipinski definition) is 2. The standard InChI is InChI=1S/C16H10Cl3N3O/c17-11-3-1-10(2-4-11)16(23)21-12-5-7-13(8-6-12)22-9-20-14(18)15(22)19/h1-9H,(H,21,23). The van der Waals surface area contributed by atoms with E-state index in [0.717, 1.165) is 5.69 Å². The van der Waals surface area contributed by atoms with Crippen molar-refractivity contribution in [1.29, 1.82) is 0 Å². The Balaban J connectivity index is 1.76. The minimum Gasteiger partial charge on any atom is -0.322 e. The summed E-state index contributed by atoms with van der Waals surface area (Å²) in [6.07, 6.45) is 1.53. The number of hydrogen-bond donors (Lipinski definition) is 1. The monoisotopic (exact) mass is 365 g/mol. The number of halogens is 3. The molecule has 23 heavy (non-hydrogen) atoms. The molecule has 3 rings (SSSR count). The van der Waals surface area contributed by atoms with Crippen molar-refractivity contribution in [2.45, 2.75) is 0 Å². The van der Waals surface area contributed by atoms with Gasteiger partial charge in [-0.25, -0.2) is 4.98 Å². The summed E-state index contributed by atoms with van der Waals surface area (Å²) < 4.78 is 1.65. The van der Waals surface area contributed by atoms with Crippen LogP contribution in [0.2, 0.25) is 15.3 Å². The summed E-state index contributed by atoms with van der Waals surface area (Å²) in [5, 5.41) is 3.98. The second-order valence-electron chi connectivity index (χ2n) is 4.70. The van der Waals surface area contributed by atoms with Gasteiger partial charge < -0.3 is 5.32 Å². The third-order valence-corrected chi connectivity index (χ3v) is 4.16. The van der Waals surface area contributed by atoms with E-state index in [9.17, 15) is 4.79 Å². The maximum Gasteiger partial charge on any atom is 0.255 e. The van der Waals surface area contributed by atoms with Crippen LogP contribution in [0, 0.1) is 0 Å². The highest BCUT2D eigenvalue weighted by atomic mass is 35.5. The highest BCUT2D eigenvalue weighted by Gasteiger charge is 2.09. The molecule has 4 nitrogen and oxygen atoms in total. The van der Waals surface area contributed by atoms with Crippen molar-refractivity contribution in [3.63, 3.8) is 0 Å². The molecule has 3 aromatic rings. The molecule has 7 heteroatoms. The average molecular weight is 367 g/mol. The zero-order valence-corrected chi connectivity index (χ0v) is 13.9. The average Bonchev–Trinajstić information content (AvgIpc) is 2.88. The van der Waals surface area contributed by atoms with Gasteiger partial charge in [-0.05, 0) is 48.5 Å². The van der Waals surface area contributed by atoms with E-state index in [1.165, 1.54) is 6.33 Å². The normalized spacial score (nSPS) is 10.6. The lowest BCUT2D eigenvalue weighted by Gasteiger charge is -2.08. The van der Waals surface area contributed by atoms with Gasteiger partial charge in [0.25, 0.3) is 5.91 Å². The third kappa shape index (κ3) is 3.50. The number of carbonyl (C=O) groups excluding carboxylic acids is 1. The fourth-order valence-electron chi connectivity index (χ4n) is 2.00. The maximum atomic E-state index is 12.1. The summed E-state index contributed by atoms with van der Waals surface area (Å²) in [5.41, 5.74) is 1.98. The van der Waals surface area contributed by atoms with Crippen LogP contribution in [-0.4, -0.2) is 15.5 Å². The summed E-state index contributed by atoms with van der Waals surface area (Å²) in [5.74, 6) is -0.210. The van der Waals surface area contributed by atoms with Crippen LogP contribution in [-0.2, 0) is 0 Å². The number of amides is 1. The lowest BCUT2D eigenvalue weighted by atomic mass is 10.2. The zero-order chi connectivity index (χ0) is 16.4. The van der Waals surface area contributed by atoms with Gasteiger partial charge in [0.2, 0.25) is 0 Å². The first-order valence-corrected chi connectivity index (χ1v) is 7.73. The van der Waals surface area contributed by atoms with Crippen LogP contribution in [0.3, 0.4) is 0 Å². The fraction of sp³-hybridized carbons (Fsp3) is 0. The number of carbonyl (C=O) groups is 1. The number of rotatable bonds is 3. The molecule has 0 aliphatic carbocycles. The van der Waals surface area contributed by atoms with Crippen LogP contribution in [0.1, 0.15) is 10.4 Å². The molecule has 0 fully saturated rings. The van der Waals surface area contributed by atoms with Gasteiger partial charge in [0.05, 0.1) is 0 Å². The summed E-state index contributed by atoms with van der Waals surface area (Å²) in [4.78, 5) is 16.1. The first-order valence-electron chi connectivity index (χ1n) is 6.60. The van der Waals surface area contributed by atoms with Crippen LogP contribution in [0.25, 0.3) is 5.69 Å². The summed E-state index contributed by atoms with van der Waals surface area (Å²) >= 11 is 17.7. The molecule has 0 atom stereocenters. The molecule has 0 spiro atoms. The molecule has 0 aliphatic rings. The van der Waals surface area contributed by atoms with Gasteiger partial charge in [0, 0.05) is 22.0 Å². The van der Waals surface area contributed by atoms with E-state index in [4.69, 9.17) is 34.8 Å². The number of aromatic nitrogens is 2. The van der Waals surface area contributed by atoms with E-state index >= 15 is 0 Å². The van der Waals surface area contributed by atoms with E-state index in [2.05, 4.69) is 10.3 Å². The molecule has 1 heterocycles. The zero-order valence-electron chi connectivity index (χ0n) is 11.6. The van der Waals surface area contributed by atoms with E-state index in [0.29, 0.717) is 21.4 Å². The van der Waals surface area contributed by atoms with Crippen LogP contribution in [0.5, 0.6) is 0 Å². The Morgan fingerprint density at radius 1 is 0.957 bits per heavy atom.